The lowest BCUT2D eigenvalue weighted by atomic mass is 9.92. The van der Waals surface area contributed by atoms with Crippen LogP contribution in [0.5, 0.6) is 0 Å². The highest BCUT2D eigenvalue weighted by Crippen LogP contribution is 2.47. The third kappa shape index (κ3) is 10.2. The van der Waals surface area contributed by atoms with E-state index in [0.717, 1.165) is 101 Å². The monoisotopic (exact) mass is 1180 g/mol. The fourth-order valence-corrected chi connectivity index (χ4v) is 13.9. The minimum atomic E-state index is 0.879. The lowest BCUT2D eigenvalue weighted by Crippen LogP contribution is -2.12. The van der Waals surface area contributed by atoms with Gasteiger partial charge in [-0.05, 0) is 166 Å². The van der Waals surface area contributed by atoms with Gasteiger partial charge in [-0.25, -0.2) is 0 Å². The summed E-state index contributed by atoms with van der Waals surface area (Å²) in [7, 11) is 0. The normalized spacial score (nSPS) is 11.4. The molecule has 0 radical (unpaired) electrons. The molecule has 0 bridgehead atoms. The largest absolute Gasteiger partial charge is 0.455 e. The summed E-state index contributed by atoms with van der Waals surface area (Å²) >= 11 is 0. The van der Waals surface area contributed by atoms with Crippen LogP contribution in [0, 0.1) is 0 Å². The van der Waals surface area contributed by atoms with Crippen LogP contribution in [0.15, 0.2) is 368 Å². The van der Waals surface area contributed by atoms with Crippen molar-refractivity contribution in [2.45, 2.75) is 0 Å². The number of furan rings is 1. The van der Waals surface area contributed by atoms with Crippen molar-refractivity contribution in [1.82, 2.24) is 0 Å². The van der Waals surface area contributed by atoms with Crippen LogP contribution in [0.2, 0.25) is 0 Å². The van der Waals surface area contributed by atoms with E-state index in [0.29, 0.717) is 0 Å². The van der Waals surface area contributed by atoms with Crippen LogP contribution in [0.25, 0.3) is 132 Å². The lowest BCUT2D eigenvalue weighted by molar-refractivity contribution is 0.671. The quantitative estimate of drug-likeness (QED) is 0.115. The molecule has 1 aromatic heterocycles. The molecule has 436 valence electrons. The number of fused-ring (bicyclic) bond motifs is 6. The molecule has 16 aromatic carbocycles. The average molecular weight is 1190 g/mol. The molecule has 93 heavy (non-hydrogen) atoms. The molecule has 0 aliphatic heterocycles. The van der Waals surface area contributed by atoms with Gasteiger partial charge in [0.05, 0.1) is 5.69 Å². The van der Waals surface area contributed by atoms with Gasteiger partial charge in [-0.1, -0.05) is 291 Å². The zero-order valence-electron chi connectivity index (χ0n) is 50.9. The highest BCUT2D eigenvalue weighted by atomic mass is 16.3. The first-order valence-corrected chi connectivity index (χ1v) is 31.9. The first-order valence-electron chi connectivity index (χ1n) is 31.9. The summed E-state index contributed by atoms with van der Waals surface area (Å²) in [5.41, 5.74) is 24.1. The molecule has 0 amide bonds. The van der Waals surface area contributed by atoms with Crippen LogP contribution in [-0.2, 0) is 0 Å². The molecule has 0 saturated heterocycles. The Morgan fingerprint density at radius 1 is 0.172 bits per heavy atom. The summed E-state index contributed by atoms with van der Waals surface area (Å²) < 4.78 is 6.93. The molecule has 3 heteroatoms. The van der Waals surface area contributed by atoms with Crippen molar-refractivity contribution in [3.63, 3.8) is 0 Å². The van der Waals surface area contributed by atoms with E-state index >= 15 is 0 Å². The van der Waals surface area contributed by atoms with Crippen LogP contribution in [-0.4, -0.2) is 0 Å². The number of para-hydroxylation sites is 3. The summed E-state index contributed by atoms with van der Waals surface area (Å²) in [6.45, 7) is 0. The van der Waals surface area contributed by atoms with E-state index in [1.165, 1.54) is 65.7 Å². The third-order valence-electron chi connectivity index (χ3n) is 18.5. The molecule has 1 heterocycles. The summed E-state index contributed by atoms with van der Waals surface area (Å²) in [5.74, 6) is 0. The molecule has 17 aromatic rings. The molecule has 0 saturated carbocycles. The van der Waals surface area contributed by atoms with Crippen molar-refractivity contribution in [2.75, 3.05) is 9.80 Å². The number of benzene rings is 16. The summed E-state index contributed by atoms with van der Waals surface area (Å²) in [4.78, 5) is 4.80. The molecule has 0 aliphatic carbocycles. The van der Waals surface area contributed by atoms with Gasteiger partial charge in [0.1, 0.15) is 11.2 Å². The van der Waals surface area contributed by atoms with Crippen molar-refractivity contribution < 1.29 is 4.42 Å². The second-order valence-corrected chi connectivity index (χ2v) is 23.9. The van der Waals surface area contributed by atoms with Crippen LogP contribution in [0.4, 0.5) is 34.1 Å². The van der Waals surface area contributed by atoms with Crippen molar-refractivity contribution in [1.29, 1.82) is 0 Å². The van der Waals surface area contributed by atoms with E-state index in [1.807, 2.05) is 0 Å². The zero-order valence-corrected chi connectivity index (χ0v) is 50.9. The van der Waals surface area contributed by atoms with Gasteiger partial charge in [-0.15, -0.1) is 0 Å². The van der Waals surface area contributed by atoms with Gasteiger partial charge in [0.2, 0.25) is 0 Å². The topological polar surface area (TPSA) is 19.6 Å². The minimum absolute atomic E-state index is 0.879. The predicted molar refractivity (Wildman–Crippen MR) is 394 cm³/mol. The summed E-state index contributed by atoms with van der Waals surface area (Å²) in [5, 5.41) is 9.58. The maximum Gasteiger partial charge on any atom is 0.143 e. The van der Waals surface area contributed by atoms with Gasteiger partial charge in [0.25, 0.3) is 0 Å². The maximum atomic E-state index is 6.93. The Hall–Kier alpha value is -12.3. The number of rotatable bonds is 13. The molecule has 0 atom stereocenters. The van der Waals surface area contributed by atoms with Crippen molar-refractivity contribution in [3.8, 4) is 77.9 Å². The maximum absolute atomic E-state index is 6.93. The van der Waals surface area contributed by atoms with E-state index in [2.05, 4.69) is 374 Å². The van der Waals surface area contributed by atoms with Crippen LogP contribution in [0.3, 0.4) is 0 Å². The Bertz CT molecular complexity index is 5590. The second-order valence-electron chi connectivity index (χ2n) is 23.9. The molecule has 0 spiro atoms. The lowest BCUT2D eigenvalue weighted by Gasteiger charge is -2.29. The summed E-state index contributed by atoms with van der Waals surface area (Å²) in [6.07, 6.45) is 0. The molecule has 17 rings (SSSR count). The Morgan fingerprint density at radius 2 is 0.548 bits per heavy atom. The van der Waals surface area contributed by atoms with Gasteiger partial charge in [0, 0.05) is 55.9 Å². The van der Waals surface area contributed by atoms with Crippen molar-refractivity contribution >= 4 is 88.4 Å². The van der Waals surface area contributed by atoms with E-state index in [4.69, 9.17) is 4.42 Å². The third-order valence-corrected chi connectivity index (χ3v) is 18.5. The van der Waals surface area contributed by atoms with Gasteiger partial charge < -0.3 is 14.2 Å². The molecule has 0 N–H and O–H groups in total. The predicted octanol–water partition coefficient (Wildman–Crippen LogP) is 25.7. The highest BCUT2D eigenvalue weighted by Gasteiger charge is 2.22. The van der Waals surface area contributed by atoms with E-state index in [-0.39, 0.29) is 0 Å². The molecular formula is C90H60N2O. The molecule has 0 fully saturated rings. The average Bonchev–Trinajstić information content (AvgIpc) is 1.74. The zero-order chi connectivity index (χ0) is 61.6. The van der Waals surface area contributed by atoms with Crippen LogP contribution in [0.1, 0.15) is 0 Å². The second kappa shape index (κ2) is 23.6. The van der Waals surface area contributed by atoms with Crippen molar-refractivity contribution in [2.24, 2.45) is 0 Å². The van der Waals surface area contributed by atoms with E-state index < -0.39 is 0 Å². The fraction of sp³-hybridized carbons (Fsp3) is 0. The minimum Gasteiger partial charge on any atom is -0.455 e. The Balaban J connectivity index is 0.777. The molecule has 0 unspecified atom stereocenters. The molecular weight excluding hydrogens is 1130 g/mol. The van der Waals surface area contributed by atoms with Gasteiger partial charge in [0.15, 0.2) is 0 Å². The number of hydrogen-bond donors (Lipinski definition) is 0. The fourth-order valence-electron chi connectivity index (χ4n) is 13.9. The molecule has 0 aliphatic rings. The van der Waals surface area contributed by atoms with Gasteiger partial charge in [-0.3, -0.25) is 0 Å². The standard InChI is InChI=1S/C90H60N2O/c1-3-20-63(21-4-1)79-57-58-80(85-32-12-11-31-84(79)85)67-45-55-75(56-46-67)92(74-53-43-66(44-54-74)78-33-16-26-64-24-9-10-29-77(64)78)88-38-14-13-30-81(88)71-27-15-28-76(60-71)91(72-49-41-62(42-50-72)70-40-39-61-19-7-8-25-69(61)59-70)73-51-47-68(48-52-73)83-35-18-37-87-86-36-17-34-82(89(86)93-90(83)87)65-22-5-2-6-23-65/h1-60H. The highest BCUT2D eigenvalue weighted by molar-refractivity contribution is 6.13. The Morgan fingerprint density at radius 3 is 1.15 bits per heavy atom. The molecule has 3 nitrogen and oxygen atoms in total. The Labute approximate surface area is 541 Å². The van der Waals surface area contributed by atoms with E-state index in [1.54, 1.807) is 0 Å². The van der Waals surface area contributed by atoms with Gasteiger partial charge in [-0.2, -0.15) is 0 Å². The smallest absolute Gasteiger partial charge is 0.143 e. The van der Waals surface area contributed by atoms with Gasteiger partial charge >= 0.3 is 0 Å². The first-order chi connectivity index (χ1) is 46.1. The van der Waals surface area contributed by atoms with Crippen molar-refractivity contribution in [3.05, 3.63) is 364 Å². The summed E-state index contributed by atoms with van der Waals surface area (Å²) in [6, 6.07) is 132. The first kappa shape index (κ1) is 54.8. The SMILES string of the molecule is c1ccc(-c2ccc(-c3ccc(N(c4ccc(-c5cccc6ccccc56)cc4)c4ccccc4-c4cccc(N(c5ccc(-c6ccc7ccccc7c6)cc5)c5ccc(-c6cccc7c6oc6c(-c8ccccc8)cccc67)cc5)c4)cc3)c3ccccc23)cc1. The number of hydrogen-bond acceptors (Lipinski definition) is 3. The van der Waals surface area contributed by atoms with Crippen LogP contribution < -0.4 is 9.80 Å². The van der Waals surface area contributed by atoms with Crippen LogP contribution >= 0.6 is 0 Å². The Kier molecular flexibility index (Phi) is 13.9. The number of nitrogens with zero attached hydrogens (tertiary/aromatic N) is 2. The van der Waals surface area contributed by atoms with E-state index in [9.17, 15) is 0 Å². The number of anilines is 6.